The van der Waals surface area contributed by atoms with E-state index in [2.05, 4.69) is 44.8 Å². The average Bonchev–Trinajstić information content (AvgIpc) is 2.45. The van der Waals surface area contributed by atoms with Gasteiger partial charge in [0.2, 0.25) is 0 Å². The maximum Gasteiger partial charge on any atom is 0.139 e. The van der Waals surface area contributed by atoms with E-state index in [0.29, 0.717) is 0 Å². The third kappa shape index (κ3) is 3.84. The zero-order valence-electron chi connectivity index (χ0n) is 11.2. The molecule has 4 heteroatoms. The number of halogens is 2. The van der Waals surface area contributed by atoms with Crippen molar-refractivity contribution in [1.29, 1.82) is 0 Å². The van der Waals surface area contributed by atoms with Crippen LogP contribution in [0.4, 0.5) is 0 Å². The van der Waals surface area contributed by atoms with Gasteiger partial charge in [0.25, 0.3) is 0 Å². The van der Waals surface area contributed by atoms with E-state index in [1.807, 2.05) is 42.5 Å². The molecule has 2 rings (SSSR count). The van der Waals surface area contributed by atoms with Gasteiger partial charge >= 0.3 is 0 Å². The molecule has 0 saturated carbocycles. The summed E-state index contributed by atoms with van der Waals surface area (Å²) in [5.41, 5.74) is 7.32. The fourth-order valence-electron chi connectivity index (χ4n) is 1.98. The largest absolute Gasteiger partial charge is 0.483 e. The molecule has 2 aromatic carbocycles. The van der Waals surface area contributed by atoms with E-state index in [9.17, 15) is 0 Å². The lowest BCUT2D eigenvalue weighted by Crippen LogP contribution is -2.31. The topological polar surface area (TPSA) is 35.2 Å². The third-order valence-electron chi connectivity index (χ3n) is 3.13. The molecule has 20 heavy (non-hydrogen) atoms. The van der Waals surface area contributed by atoms with Gasteiger partial charge < -0.3 is 10.5 Å². The number of benzene rings is 2. The second-order valence-electron chi connectivity index (χ2n) is 4.60. The normalized spacial score (nSPS) is 13.8. The summed E-state index contributed by atoms with van der Waals surface area (Å²) in [5.74, 6) is 0.807. The van der Waals surface area contributed by atoms with Crippen molar-refractivity contribution in [3.63, 3.8) is 0 Å². The van der Waals surface area contributed by atoms with E-state index < -0.39 is 0 Å². The number of nitrogens with two attached hydrogens (primary N) is 1. The Balaban J connectivity index is 2.31. The Morgan fingerprint density at radius 3 is 2.50 bits per heavy atom. The van der Waals surface area contributed by atoms with Gasteiger partial charge in [0, 0.05) is 10.5 Å². The highest BCUT2D eigenvalue weighted by Crippen LogP contribution is 2.31. The standard InChI is InChI=1S/C16H17Br2NO/c1-2-14(19)16(11-6-5-7-12(17)10-11)20-15-9-4-3-8-13(15)18/h3-10,14,16H,2,19H2,1H3. The van der Waals surface area contributed by atoms with Gasteiger partial charge in [-0.25, -0.2) is 0 Å². The SMILES string of the molecule is CCC(N)C(Oc1ccccc1Br)c1cccc(Br)c1. The minimum absolute atomic E-state index is 0.0589. The number of hydrogen-bond acceptors (Lipinski definition) is 2. The van der Waals surface area contributed by atoms with E-state index >= 15 is 0 Å². The van der Waals surface area contributed by atoms with Gasteiger partial charge in [0.05, 0.1) is 4.47 Å². The maximum atomic E-state index is 6.24. The molecular formula is C16H17Br2NO. The van der Waals surface area contributed by atoms with Crippen LogP contribution in [0.1, 0.15) is 25.0 Å². The lowest BCUT2D eigenvalue weighted by atomic mass is 10.0. The molecule has 0 spiro atoms. The summed E-state index contributed by atoms with van der Waals surface area (Å²) >= 11 is 7.00. The van der Waals surface area contributed by atoms with Gasteiger partial charge in [0.1, 0.15) is 11.9 Å². The van der Waals surface area contributed by atoms with Gasteiger partial charge in [0.15, 0.2) is 0 Å². The summed E-state index contributed by atoms with van der Waals surface area (Å²) in [6, 6.07) is 15.9. The molecule has 0 radical (unpaired) electrons. The minimum Gasteiger partial charge on any atom is -0.483 e. The van der Waals surface area contributed by atoms with Crippen molar-refractivity contribution in [2.75, 3.05) is 0 Å². The minimum atomic E-state index is -0.170. The fourth-order valence-corrected chi connectivity index (χ4v) is 2.77. The fraction of sp³-hybridized carbons (Fsp3) is 0.250. The Morgan fingerprint density at radius 2 is 1.85 bits per heavy atom. The molecule has 0 aliphatic rings. The molecule has 0 aliphatic carbocycles. The molecule has 2 N–H and O–H groups in total. The second-order valence-corrected chi connectivity index (χ2v) is 6.37. The first-order chi connectivity index (χ1) is 9.61. The monoisotopic (exact) mass is 397 g/mol. The Kier molecular flexibility index (Phi) is 5.64. The molecule has 0 saturated heterocycles. The molecule has 106 valence electrons. The summed E-state index contributed by atoms with van der Waals surface area (Å²) in [6.45, 7) is 2.07. The quantitative estimate of drug-likeness (QED) is 0.762. The van der Waals surface area contributed by atoms with E-state index in [1.54, 1.807) is 0 Å². The number of rotatable bonds is 5. The van der Waals surface area contributed by atoms with Crippen molar-refractivity contribution in [3.8, 4) is 5.75 Å². The van der Waals surface area contributed by atoms with Crippen LogP contribution in [0.5, 0.6) is 5.75 Å². The first kappa shape index (κ1) is 15.5. The Morgan fingerprint density at radius 1 is 1.10 bits per heavy atom. The number of hydrogen-bond donors (Lipinski definition) is 1. The van der Waals surface area contributed by atoms with Crippen molar-refractivity contribution < 1.29 is 4.74 Å². The van der Waals surface area contributed by atoms with E-state index in [4.69, 9.17) is 10.5 Å². The molecule has 0 bridgehead atoms. The van der Waals surface area contributed by atoms with Gasteiger partial charge in [-0.1, -0.05) is 47.1 Å². The molecule has 0 aliphatic heterocycles. The zero-order valence-corrected chi connectivity index (χ0v) is 14.4. The smallest absolute Gasteiger partial charge is 0.139 e. The number of para-hydroxylation sites is 1. The summed E-state index contributed by atoms with van der Waals surface area (Å²) < 4.78 is 8.11. The lowest BCUT2D eigenvalue weighted by Gasteiger charge is -2.25. The van der Waals surface area contributed by atoms with E-state index in [-0.39, 0.29) is 12.1 Å². The van der Waals surface area contributed by atoms with Crippen molar-refractivity contribution in [2.24, 2.45) is 5.73 Å². The van der Waals surface area contributed by atoms with Crippen molar-refractivity contribution in [3.05, 3.63) is 63.0 Å². The molecule has 2 unspecified atom stereocenters. The molecule has 2 atom stereocenters. The highest BCUT2D eigenvalue weighted by molar-refractivity contribution is 9.10. The first-order valence-electron chi connectivity index (χ1n) is 6.54. The third-order valence-corrected chi connectivity index (χ3v) is 4.28. The van der Waals surface area contributed by atoms with Crippen molar-refractivity contribution in [2.45, 2.75) is 25.5 Å². The van der Waals surface area contributed by atoms with Gasteiger partial charge in [-0.3, -0.25) is 0 Å². The van der Waals surface area contributed by atoms with Crippen LogP contribution in [0.15, 0.2) is 57.5 Å². The van der Waals surface area contributed by atoms with Crippen LogP contribution in [-0.4, -0.2) is 6.04 Å². The van der Waals surface area contributed by atoms with Crippen LogP contribution in [0.2, 0.25) is 0 Å². The van der Waals surface area contributed by atoms with Gasteiger partial charge in [-0.05, 0) is 52.2 Å². The first-order valence-corrected chi connectivity index (χ1v) is 8.12. The molecule has 0 aromatic heterocycles. The van der Waals surface area contributed by atoms with Crippen molar-refractivity contribution in [1.82, 2.24) is 0 Å². The van der Waals surface area contributed by atoms with E-state index in [0.717, 1.165) is 26.7 Å². The van der Waals surface area contributed by atoms with Gasteiger partial charge in [-0.2, -0.15) is 0 Å². The van der Waals surface area contributed by atoms with Gasteiger partial charge in [-0.15, -0.1) is 0 Å². The molecular weight excluding hydrogens is 382 g/mol. The molecule has 2 nitrogen and oxygen atoms in total. The lowest BCUT2D eigenvalue weighted by molar-refractivity contribution is 0.170. The molecule has 0 fully saturated rings. The van der Waals surface area contributed by atoms with Crippen LogP contribution in [0, 0.1) is 0 Å². The van der Waals surface area contributed by atoms with Crippen LogP contribution >= 0.6 is 31.9 Å². The maximum absolute atomic E-state index is 6.24. The highest BCUT2D eigenvalue weighted by atomic mass is 79.9. The Hall–Kier alpha value is -0.840. The van der Waals surface area contributed by atoms with E-state index in [1.165, 1.54) is 0 Å². The molecule has 0 amide bonds. The van der Waals surface area contributed by atoms with Crippen LogP contribution in [0.3, 0.4) is 0 Å². The predicted octanol–water partition coefficient (Wildman–Crippen LogP) is 5.07. The zero-order chi connectivity index (χ0) is 14.5. The number of ether oxygens (including phenoxy) is 1. The van der Waals surface area contributed by atoms with Crippen molar-refractivity contribution >= 4 is 31.9 Å². The predicted molar refractivity (Wildman–Crippen MR) is 89.9 cm³/mol. The molecule has 0 heterocycles. The van der Waals surface area contributed by atoms with Crippen LogP contribution in [0.25, 0.3) is 0 Å². The summed E-state index contributed by atoms with van der Waals surface area (Å²) in [6.07, 6.45) is 0.679. The highest BCUT2D eigenvalue weighted by Gasteiger charge is 2.21. The molecule has 2 aromatic rings. The average molecular weight is 399 g/mol. The Bertz CT molecular complexity index is 574. The second kappa shape index (κ2) is 7.25. The summed E-state index contributed by atoms with van der Waals surface area (Å²) in [5, 5.41) is 0. The summed E-state index contributed by atoms with van der Waals surface area (Å²) in [4.78, 5) is 0. The summed E-state index contributed by atoms with van der Waals surface area (Å²) in [7, 11) is 0. The van der Waals surface area contributed by atoms with Crippen LogP contribution < -0.4 is 10.5 Å². The Labute approximate surface area is 136 Å². The van der Waals surface area contributed by atoms with Crippen LogP contribution in [-0.2, 0) is 0 Å².